The molecular weight excluding hydrogens is 376 g/mol. The molecule has 28 heavy (non-hydrogen) atoms. The van der Waals surface area contributed by atoms with Gasteiger partial charge in [-0.2, -0.15) is 4.52 Å². The Bertz CT molecular complexity index is 1000. The highest BCUT2D eigenvalue weighted by molar-refractivity contribution is 7.17. The van der Waals surface area contributed by atoms with Gasteiger partial charge < -0.3 is 9.84 Å². The van der Waals surface area contributed by atoms with Crippen molar-refractivity contribution in [2.24, 2.45) is 5.92 Å². The number of aromatic hydroxyl groups is 1. The van der Waals surface area contributed by atoms with Gasteiger partial charge in [0.1, 0.15) is 5.82 Å². The minimum Gasteiger partial charge on any atom is -0.492 e. The highest BCUT2D eigenvalue weighted by atomic mass is 32.1. The number of likely N-dealkylation sites (tertiary alicyclic amines) is 1. The molecule has 1 aromatic carbocycles. The second-order valence-electron chi connectivity index (χ2n) is 7.29. The van der Waals surface area contributed by atoms with Crippen LogP contribution >= 0.6 is 11.3 Å². The van der Waals surface area contributed by atoms with Crippen LogP contribution in [0.5, 0.6) is 5.88 Å². The Kier molecular flexibility index (Phi) is 5.07. The summed E-state index contributed by atoms with van der Waals surface area (Å²) in [5, 5.41) is 15.2. The third-order valence-corrected chi connectivity index (χ3v) is 6.41. The predicted octanol–water partition coefficient (Wildman–Crippen LogP) is 3.09. The van der Waals surface area contributed by atoms with Crippen LogP contribution in [0, 0.1) is 19.8 Å². The molecule has 1 N–H and O–H groups in total. The molecule has 1 saturated heterocycles. The summed E-state index contributed by atoms with van der Waals surface area (Å²) in [6.45, 7) is 5.39. The van der Waals surface area contributed by atoms with Gasteiger partial charge in [0.15, 0.2) is 0 Å². The van der Waals surface area contributed by atoms with Crippen molar-refractivity contribution in [3.63, 3.8) is 0 Å². The van der Waals surface area contributed by atoms with Crippen molar-refractivity contribution in [1.29, 1.82) is 0 Å². The number of hydrogen-bond acceptors (Lipinski definition) is 7. The predicted molar refractivity (Wildman–Crippen MR) is 107 cm³/mol. The number of aromatic nitrogens is 3. The number of esters is 1. The van der Waals surface area contributed by atoms with E-state index in [4.69, 9.17) is 4.74 Å². The molecule has 0 bridgehead atoms. The number of fused-ring (bicyclic) bond motifs is 1. The van der Waals surface area contributed by atoms with Gasteiger partial charge in [0.2, 0.25) is 10.8 Å². The Morgan fingerprint density at radius 2 is 2.07 bits per heavy atom. The number of benzene rings is 1. The van der Waals surface area contributed by atoms with E-state index in [2.05, 4.69) is 40.1 Å². The van der Waals surface area contributed by atoms with E-state index in [0.717, 1.165) is 36.4 Å². The zero-order chi connectivity index (χ0) is 19.8. The number of hydrogen-bond donors (Lipinski definition) is 1. The van der Waals surface area contributed by atoms with Gasteiger partial charge in [0, 0.05) is 0 Å². The highest BCUT2D eigenvalue weighted by Crippen LogP contribution is 2.41. The maximum Gasteiger partial charge on any atom is 0.308 e. The average molecular weight is 401 g/mol. The van der Waals surface area contributed by atoms with Gasteiger partial charge in [0.25, 0.3) is 0 Å². The maximum atomic E-state index is 11.9. The van der Waals surface area contributed by atoms with Crippen LogP contribution in [0.3, 0.4) is 0 Å². The number of carbonyl (C=O) groups is 1. The fourth-order valence-electron chi connectivity index (χ4n) is 3.95. The van der Waals surface area contributed by atoms with E-state index >= 15 is 0 Å². The number of nitrogens with zero attached hydrogens (tertiary/aromatic N) is 4. The molecule has 3 heterocycles. The lowest BCUT2D eigenvalue weighted by Gasteiger charge is -2.36. The van der Waals surface area contributed by atoms with Gasteiger partial charge >= 0.3 is 5.97 Å². The topological polar surface area (TPSA) is 80.0 Å². The van der Waals surface area contributed by atoms with Crippen LogP contribution in [0.25, 0.3) is 4.96 Å². The number of methoxy groups -OCH3 is 1. The zero-order valence-corrected chi connectivity index (χ0v) is 17.1. The fraction of sp³-hybridized carbons (Fsp3) is 0.450. The first kappa shape index (κ1) is 18.9. The van der Waals surface area contributed by atoms with Crippen molar-refractivity contribution in [3.8, 4) is 5.88 Å². The van der Waals surface area contributed by atoms with Crippen LogP contribution in [-0.2, 0) is 9.53 Å². The van der Waals surface area contributed by atoms with Crippen LogP contribution in [0.4, 0.5) is 0 Å². The van der Waals surface area contributed by atoms with E-state index in [1.54, 1.807) is 0 Å². The van der Waals surface area contributed by atoms with Gasteiger partial charge in [-0.05, 0) is 45.3 Å². The van der Waals surface area contributed by atoms with Gasteiger partial charge in [-0.1, -0.05) is 41.2 Å². The Balaban J connectivity index is 1.71. The SMILES string of the molecule is COC(=O)C1CCN([C@H](c2cccc(C)c2)c2sc3nc(C)nn3c2O)CC1. The van der Waals surface area contributed by atoms with Crippen molar-refractivity contribution in [2.45, 2.75) is 32.7 Å². The van der Waals surface area contributed by atoms with E-state index < -0.39 is 0 Å². The molecule has 4 rings (SSSR count). The third kappa shape index (κ3) is 3.38. The molecule has 0 unspecified atom stereocenters. The molecule has 3 aromatic rings. The van der Waals surface area contributed by atoms with Gasteiger partial charge in [0.05, 0.1) is 23.9 Å². The molecule has 0 radical (unpaired) electrons. The summed E-state index contributed by atoms with van der Waals surface area (Å²) >= 11 is 1.46. The van der Waals surface area contributed by atoms with Crippen molar-refractivity contribution >= 4 is 22.3 Å². The Morgan fingerprint density at radius 1 is 1.32 bits per heavy atom. The summed E-state index contributed by atoms with van der Waals surface area (Å²) < 4.78 is 6.43. The molecule has 0 spiro atoms. The summed E-state index contributed by atoms with van der Waals surface area (Å²) in [5.74, 6) is 0.586. The number of rotatable bonds is 4. The second kappa shape index (κ2) is 7.52. The van der Waals surface area contributed by atoms with E-state index in [1.807, 2.05) is 13.0 Å². The number of thiazole rings is 1. The molecule has 1 aliphatic rings. The molecule has 1 fully saturated rings. The fourth-order valence-corrected chi connectivity index (χ4v) is 5.12. The standard InChI is InChI=1S/C20H24N4O3S/c1-12-5-4-6-15(11-12)16(23-9-7-14(8-10-23)19(26)27-3)17-18(25)24-20(28-17)21-13(2)22-24/h4-6,11,14,16,25H,7-10H2,1-3H3/t16-/m1/s1. The van der Waals surface area contributed by atoms with Crippen LogP contribution in [0.15, 0.2) is 24.3 Å². The molecule has 1 aliphatic heterocycles. The molecule has 0 aliphatic carbocycles. The van der Waals surface area contributed by atoms with E-state index in [9.17, 15) is 9.90 Å². The molecule has 2 aromatic heterocycles. The van der Waals surface area contributed by atoms with Crippen molar-refractivity contribution in [2.75, 3.05) is 20.2 Å². The molecule has 1 atom stereocenters. The Hall–Kier alpha value is -2.45. The number of carbonyl (C=O) groups excluding carboxylic acids is 1. The first-order valence-electron chi connectivity index (χ1n) is 9.41. The normalized spacial score (nSPS) is 17.1. The van der Waals surface area contributed by atoms with Crippen molar-refractivity contribution in [3.05, 3.63) is 46.1 Å². The summed E-state index contributed by atoms with van der Waals surface area (Å²) in [6.07, 6.45) is 1.49. The quantitative estimate of drug-likeness (QED) is 0.678. The first-order chi connectivity index (χ1) is 13.5. The lowest BCUT2D eigenvalue weighted by Crippen LogP contribution is -2.39. The van der Waals surface area contributed by atoms with Crippen LogP contribution in [-0.4, -0.2) is 50.8 Å². The lowest BCUT2D eigenvalue weighted by molar-refractivity contribution is -0.147. The zero-order valence-electron chi connectivity index (χ0n) is 16.3. The van der Waals surface area contributed by atoms with Gasteiger partial charge in [-0.15, -0.1) is 5.10 Å². The summed E-state index contributed by atoms with van der Waals surface area (Å²) in [4.78, 5) is 20.2. The van der Waals surface area contributed by atoms with Crippen LogP contribution in [0.1, 0.15) is 40.7 Å². The lowest BCUT2D eigenvalue weighted by atomic mass is 9.93. The second-order valence-corrected chi connectivity index (χ2v) is 8.30. The summed E-state index contributed by atoms with van der Waals surface area (Å²) in [6, 6.07) is 8.24. The monoisotopic (exact) mass is 400 g/mol. The molecule has 7 nitrogen and oxygen atoms in total. The first-order valence-corrected chi connectivity index (χ1v) is 10.2. The van der Waals surface area contributed by atoms with Gasteiger partial charge in [-0.3, -0.25) is 9.69 Å². The molecule has 8 heteroatoms. The Labute approximate surface area is 167 Å². The van der Waals surface area contributed by atoms with E-state index in [0.29, 0.717) is 10.8 Å². The summed E-state index contributed by atoms with van der Waals surface area (Å²) in [7, 11) is 1.44. The smallest absolute Gasteiger partial charge is 0.308 e. The average Bonchev–Trinajstić information content (AvgIpc) is 3.19. The Morgan fingerprint density at radius 3 is 2.71 bits per heavy atom. The van der Waals surface area contributed by atoms with Crippen LogP contribution in [0.2, 0.25) is 0 Å². The van der Waals surface area contributed by atoms with Gasteiger partial charge in [-0.25, -0.2) is 4.98 Å². The maximum absolute atomic E-state index is 11.9. The molecule has 0 saturated carbocycles. The third-order valence-electron chi connectivity index (χ3n) is 5.34. The largest absolute Gasteiger partial charge is 0.492 e. The number of aryl methyl sites for hydroxylation is 2. The van der Waals surface area contributed by atoms with Crippen LogP contribution < -0.4 is 0 Å². The number of ether oxygens (including phenoxy) is 1. The minimum absolute atomic E-state index is 0.0574. The molecule has 0 amide bonds. The van der Waals surface area contributed by atoms with E-state index in [1.165, 1.54) is 28.5 Å². The van der Waals surface area contributed by atoms with E-state index in [-0.39, 0.29) is 23.8 Å². The minimum atomic E-state index is -0.135. The molecular formula is C20H24N4O3S. The van der Waals surface area contributed by atoms with Crippen molar-refractivity contribution < 1.29 is 14.6 Å². The van der Waals surface area contributed by atoms with Crippen molar-refractivity contribution in [1.82, 2.24) is 19.5 Å². The summed E-state index contributed by atoms with van der Waals surface area (Å²) in [5.41, 5.74) is 2.29. The molecule has 148 valence electrons. The number of piperidine rings is 1. The highest BCUT2D eigenvalue weighted by Gasteiger charge is 2.34.